The second-order valence-corrected chi connectivity index (χ2v) is 6.54. The number of primary amides is 1. The van der Waals surface area contributed by atoms with Crippen molar-refractivity contribution >= 4 is 5.91 Å². The van der Waals surface area contributed by atoms with Crippen molar-refractivity contribution in [2.45, 2.75) is 69.2 Å². The van der Waals surface area contributed by atoms with E-state index in [1.807, 2.05) is 0 Å². The lowest BCUT2D eigenvalue weighted by molar-refractivity contribution is -0.147. The summed E-state index contributed by atoms with van der Waals surface area (Å²) >= 11 is 0. The molecule has 0 aliphatic heterocycles. The molecule has 0 saturated heterocycles. The molecule has 2 aliphatic carbocycles. The standard InChI is InChI=1S/C14H24F3N3O/c1-13(12(18)21,19-10-3-4-10)7-2-8-20(11-5-6-11)9-14(15,16)17/h10-11,19H,2-9H2,1H3,(H2,18,21). The van der Waals surface area contributed by atoms with Gasteiger partial charge in [0.1, 0.15) is 0 Å². The van der Waals surface area contributed by atoms with Crippen LogP contribution in [0.15, 0.2) is 0 Å². The van der Waals surface area contributed by atoms with Gasteiger partial charge in [-0.15, -0.1) is 0 Å². The Labute approximate surface area is 123 Å². The lowest BCUT2D eigenvalue weighted by atomic mass is 9.94. The summed E-state index contributed by atoms with van der Waals surface area (Å²) in [6, 6.07) is 0.389. The van der Waals surface area contributed by atoms with Crippen molar-refractivity contribution in [2.75, 3.05) is 13.1 Å². The van der Waals surface area contributed by atoms with Crippen LogP contribution in [0.3, 0.4) is 0 Å². The fourth-order valence-electron chi connectivity index (χ4n) is 2.64. The van der Waals surface area contributed by atoms with Gasteiger partial charge in [0.25, 0.3) is 0 Å². The van der Waals surface area contributed by atoms with E-state index in [0.29, 0.717) is 25.4 Å². The van der Waals surface area contributed by atoms with E-state index >= 15 is 0 Å². The number of hydrogen-bond acceptors (Lipinski definition) is 3. The maximum atomic E-state index is 12.5. The van der Waals surface area contributed by atoms with Crippen molar-refractivity contribution in [2.24, 2.45) is 5.73 Å². The monoisotopic (exact) mass is 307 g/mol. The summed E-state index contributed by atoms with van der Waals surface area (Å²) in [5, 5.41) is 3.22. The quantitative estimate of drug-likeness (QED) is 0.683. The van der Waals surface area contributed by atoms with Gasteiger partial charge < -0.3 is 11.1 Å². The first-order valence-electron chi connectivity index (χ1n) is 7.58. The van der Waals surface area contributed by atoms with Crippen LogP contribution >= 0.6 is 0 Å². The third-order valence-corrected chi connectivity index (χ3v) is 4.21. The molecule has 0 aromatic heterocycles. The Kier molecular flexibility index (Phi) is 4.82. The molecule has 4 nitrogen and oxygen atoms in total. The van der Waals surface area contributed by atoms with Gasteiger partial charge in [0.05, 0.1) is 12.1 Å². The van der Waals surface area contributed by atoms with Crippen LogP contribution in [-0.4, -0.2) is 47.7 Å². The molecule has 3 N–H and O–H groups in total. The zero-order valence-electron chi connectivity index (χ0n) is 12.4. The molecule has 1 amide bonds. The van der Waals surface area contributed by atoms with Gasteiger partial charge in [-0.05, 0) is 52.0 Å². The molecule has 1 unspecified atom stereocenters. The van der Waals surface area contributed by atoms with E-state index in [1.54, 1.807) is 6.92 Å². The van der Waals surface area contributed by atoms with Crippen molar-refractivity contribution in [3.63, 3.8) is 0 Å². The third-order valence-electron chi connectivity index (χ3n) is 4.21. The van der Waals surface area contributed by atoms with Crippen LogP contribution < -0.4 is 11.1 Å². The summed E-state index contributed by atoms with van der Waals surface area (Å²) in [4.78, 5) is 13.1. The Hall–Kier alpha value is -0.820. The number of rotatable bonds is 9. The third kappa shape index (κ3) is 5.47. The van der Waals surface area contributed by atoms with Gasteiger partial charge in [0, 0.05) is 12.1 Å². The normalized spacial score (nSPS) is 22.3. The van der Waals surface area contributed by atoms with E-state index in [2.05, 4.69) is 5.32 Å². The van der Waals surface area contributed by atoms with Gasteiger partial charge in [0.2, 0.25) is 5.91 Å². The van der Waals surface area contributed by atoms with Crippen molar-refractivity contribution in [1.29, 1.82) is 0 Å². The molecule has 7 heteroatoms. The fourth-order valence-corrected chi connectivity index (χ4v) is 2.64. The second kappa shape index (κ2) is 6.12. The van der Waals surface area contributed by atoms with Crippen LogP contribution in [0.2, 0.25) is 0 Å². The number of amides is 1. The van der Waals surface area contributed by atoms with Crippen LogP contribution in [0.5, 0.6) is 0 Å². The number of alkyl halides is 3. The zero-order chi connectivity index (χ0) is 15.7. The van der Waals surface area contributed by atoms with E-state index < -0.39 is 24.2 Å². The van der Waals surface area contributed by atoms with Crippen molar-refractivity contribution in [3.8, 4) is 0 Å². The summed E-state index contributed by atoms with van der Waals surface area (Å²) in [6.07, 6.45) is 0.580. The molecule has 2 fully saturated rings. The second-order valence-electron chi connectivity index (χ2n) is 6.54. The molecule has 21 heavy (non-hydrogen) atoms. The smallest absolute Gasteiger partial charge is 0.368 e. The van der Waals surface area contributed by atoms with Crippen LogP contribution in [0.1, 0.15) is 45.4 Å². The average Bonchev–Trinajstić information content (AvgIpc) is 3.20. The Morgan fingerprint density at radius 1 is 1.29 bits per heavy atom. The molecule has 0 spiro atoms. The van der Waals surface area contributed by atoms with Gasteiger partial charge in [-0.1, -0.05) is 0 Å². The lowest BCUT2D eigenvalue weighted by Crippen LogP contribution is -2.54. The first-order chi connectivity index (χ1) is 9.70. The number of nitrogens with one attached hydrogen (secondary N) is 1. The summed E-state index contributed by atoms with van der Waals surface area (Å²) in [5.41, 5.74) is 4.63. The van der Waals surface area contributed by atoms with E-state index in [9.17, 15) is 18.0 Å². The number of hydrogen-bond donors (Lipinski definition) is 2. The van der Waals surface area contributed by atoms with Gasteiger partial charge in [-0.25, -0.2) is 0 Å². The molecule has 2 rings (SSSR count). The van der Waals surface area contributed by atoms with Crippen LogP contribution in [0.25, 0.3) is 0 Å². The first kappa shape index (κ1) is 16.5. The van der Waals surface area contributed by atoms with Crippen LogP contribution in [0, 0.1) is 0 Å². The SMILES string of the molecule is CC(CCCN(CC(F)(F)F)C1CC1)(NC1CC1)C(N)=O. The lowest BCUT2D eigenvalue weighted by Gasteiger charge is -2.29. The molecular formula is C14H24F3N3O. The largest absolute Gasteiger partial charge is 0.401 e. The molecule has 0 heterocycles. The predicted molar refractivity (Wildman–Crippen MR) is 73.6 cm³/mol. The number of halogens is 3. The summed E-state index contributed by atoms with van der Waals surface area (Å²) in [6.45, 7) is 1.25. The average molecular weight is 307 g/mol. The highest BCUT2D eigenvalue weighted by atomic mass is 19.4. The predicted octanol–water partition coefficient (Wildman–Crippen LogP) is 1.79. The molecule has 122 valence electrons. The molecule has 1 atom stereocenters. The Bertz CT molecular complexity index is 380. The minimum atomic E-state index is -4.16. The fraction of sp³-hybridized carbons (Fsp3) is 0.929. The van der Waals surface area contributed by atoms with Gasteiger partial charge in [0.15, 0.2) is 0 Å². The van der Waals surface area contributed by atoms with E-state index in [0.717, 1.165) is 25.7 Å². The van der Waals surface area contributed by atoms with E-state index in [1.165, 1.54) is 4.90 Å². The molecule has 0 bridgehead atoms. The van der Waals surface area contributed by atoms with Gasteiger partial charge >= 0.3 is 6.18 Å². The van der Waals surface area contributed by atoms with E-state index in [4.69, 9.17) is 5.73 Å². The summed E-state index contributed by atoms with van der Waals surface area (Å²) in [7, 11) is 0. The number of carbonyl (C=O) groups excluding carboxylic acids is 1. The minimum Gasteiger partial charge on any atom is -0.368 e. The molecule has 0 aromatic rings. The van der Waals surface area contributed by atoms with Gasteiger partial charge in [-0.2, -0.15) is 13.2 Å². The molecular weight excluding hydrogens is 283 g/mol. The minimum absolute atomic E-state index is 0.0582. The number of nitrogens with zero attached hydrogens (tertiary/aromatic N) is 1. The van der Waals surface area contributed by atoms with Crippen LogP contribution in [-0.2, 0) is 4.79 Å². The van der Waals surface area contributed by atoms with E-state index in [-0.39, 0.29) is 6.04 Å². The van der Waals surface area contributed by atoms with Gasteiger partial charge in [-0.3, -0.25) is 9.69 Å². The van der Waals surface area contributed by atoms with Crippen LogP contribution in [0.4, 0.5) is 13.2 Å². The first-order valence-corrected chi connectivity index (χ1v) is 7.58. The molecule has 2 aliphatic rings. The number of nitrogens with two attached hydrogens (primary N) is 1. The maximum Gasteiger partial charge on any atom is 0.401 e. The van der Waals surface area contributed by atoms with Crippen molar-refractivity contribution in [1.82, 2.24) is 10.2 Å². The Morgan fingerprint density at radius 2 is 1.90 bits per heavy atom. The van der Waals surface area contributed by atoms with Crippen molar-refractivity contribution < 1.29 is 18.0 Å². The highest BCUT2D eigenvalue weighted by molar-refractivity contribution is 5.84. The summed E-state index contributed by atoms with van der Waals surface area (Å²) in [5.74, 6) is -0.428. The maximum absolute atomic E-state index is 12.5. The zero-order valence-corrected chi connectivity index (χ0v) is 12.4. The highest BCUT2D eigenvalue weighted by Gasteiger charge is 2.39. The Balaban J connectivity index is 1.80. The molecule has 0 radical (unpaired) electrons. The molecule has 2 saturated carbocycles. The Morgan fingerprint density at radius 3 is 2.33 bits per heavy atom. The number of carbonyl (C=O) groups is 1. The summed E-state index contributed by atoms with van der Waals surface area (Å²) < 4.78 is 37.6. The topological polar surface area (TPSA) is 58.4 Å². The van der Waals surface area contributed by atoms with Crippen molar-refractivity contribution in [3.05, 3.63) is 0 Å². The molecule has 0 aromatic carbocycles. The highest BCUT2D eigenvalue weighted by Crippen LogP contribution is 2.31.